The lowest BCUT2D eigenvalue weighted by Crippen LogP contribution is -2.24. The molecule has 0 fully saturated rings. The van der Waals surface area contributed by atoms with Crippen LogP contribution in [0.2, 0.25) is 0 Å². The molecule has 0 aliphatic heterocycles. The van der Waals surface area contributed by atoms with Gasteiger partial charge in [-0.3, -0.25) is 4.79 Å². The highest BCUT2D eigenvalue weighted by atomic mass is 32.1. The van der Waals surface area contributed by atoms with Gasteiger partial charge in [0.25, 0.3) is 5.91 Å². The zero-order valence-electron chi connectivity index (χ0n) is 10.8. The number of amides is 1. The highest BCUT2D eigenvalue weighted by Crippen LogP contribution is 2.10. The van der Waals surface area contributed by atoms with E-state index in [1.54, 1.807) is 5.51 Å². The molecular formula is C14H17N3OS. The largest absolute Gasteiger partial charge is 0.346 e. The van der Waals surface area contributed by atoms with Crippen molar-refractivity contribution in [1.29, 1.82) is 0 Å². The van der Waals surface area contributed by atoms with Gasteiger partial charge in [0.05, 0.1) is 17.7 Å². The van der Waals surface area contributed by atoms with Crippen molar-refractivity contribution in [3.8, 4) is 0 Å². The Bertz CT molecular complexity index is 525. The molecule has 4 nitrogen and oxygen atoms in total. The van der Waals surface area contributed by atoms with E-state index in [9.17, 15) is 4.79 Å². The average molecular weight is 275 g/mol. The number of rotatable bonds is 6. The monoisotopic (exact) mass is 275 g/mol. The van der Waals surface area contributed by atoms with Crippen molar-refractivity contribution in [2.45, 2.75) is 13.0 Å². The third-order valence-corrected chi connectivity index (χ3v) is 3.46. The van der Waals surface area contributed by atoms with Gasteiger partial charge < -0.3 is 10.6 Å². The molecule has 0 unspecified atom stereocenters. The van der Waals surface area contributed by atoms with Crippen molar-refractivity contribution in [3.63, 3.8) is 0 Å². The number of nitrogens with zero attached hydrogens (tertiary/aromatic N) is 1. The van der Waals surface area contributed by atoms with Crippen LogP contribution in [0.25, 0.3) is 0 Å². The van der Waals surface area contributed by atoms with Gasteiger partial charge in [-0.15, -0.1) is 11.3 Å². The fraction of sp³-hybridized carbons (Fsp3) is 0.286. The zero-order chi connectivity index (χ0) is 13.5. The second-order valence-electron chi connectivity index (χ2n) is 4.17. The Labute approximate surface area is 116 Å². The van der Waals surface area contributed by atoms with Crippen LogP contribution >= 0.6 is 11.3 Å². The minimum Gasteiger partial charge on any atom is -0.346 e. The summed E-state index contributed by atoms with van der Waals surface area (Å²) >= 11 is 1.53. The van der Waals surface area contributed by atoms with Gasteiger partial charge in [0.2, 0.25) is 0 Å². The Morgan fingerprint density at radius 2 is 2.21 bits per heavy atom. The topological polar surface area (TPSA) is 54.0 Å². The molecule has 1 aromatic carbocycles. The van der Waals surface area contributed by atoms with Gasteiger partial charge in [-0.2, -0.15) is 0 Å². The SMILES string of the molecule is CNCCc1ccccc1C(=O)NCc1cscn1. The maximum absolute atomic E-state index is 12.2. The number of nitrogens with one attached hydrogen (secondary N) is 2. The van der Waals surface area contributed by atoms with Gasteiger partial charge in [0.1, 0.15) is 0 Å². The van der Waals surface area contributed by atoms with Crippen LogP contribution < -0.4 is 10.6 Å². The van der Waals surface area contributed by atoms with Gasteiger partial charge in [-0.05, 0) is 31.6 Å². The molecule has 0 aliphatic carbocycles. The summed E-state index contributed by atoms with van der Waals surface area (Å²) in [5.41, 5.74) is 4.47. The van der Waals surface area contributed by atoms with Gasteiger partial charge >= 0.3 is 0 Å². The molecule has 0 saturated heterocycles. The van der Waals surface area contributed by atoms with Crippen LogP contribution in [-0.4, -0.2) is 24.5 Å². The minimum atomic E-state index is -0.0419. The highest BCUT2D eigenvalue weighted by Gasteiger charge is 2.10. The molecule has 0 saturated carbocycles. The number of carbonyl (C=O) groups is 1. The lowest BCUT2D eigenvalue weighted by molar-refractivity contribution is 0.0949. The summed E-state index contributed by atoms with van der Waals surface area (Å²) in [6.45, 7) is 1.33. The minimum absolute atomic E-state index is 0.0419. The lowest BCUT2D eigenvalue weighted by atomic mass is 10.0. The van der Waals surface area contributed by atoms with Crippen molar-refractivity contribution in [2.75, 3.05) is 13.6 Å². The Hall–Kier alpha value is -1.72. The quantitative estimate of drug-likeness (QED) is 0.845. The van der Waals surface area contributed by atoms with Gasteiger partial charge in [0.15, 0.2) is 0 Å². The van der Waals surface area contributed by atoms with Crippen LogP contribution in [0.5, 0.6) is 0 Å². The van der Waals surface area contributed by atoms with Crippen LogP contribution in [0, 0.1) is 0 Å². The second-order valence-corrected chi connectivity index (χ2v) is 4.89. The van der Waals surface area contributed by atoms with Crippen LogP contribution in [0.15, 0.2) is 35.2 Å². The maximum atomic E-state index is 12.2. The zero-order valence-corrected chi connectivity index (χ0v) is 11.7. The standard InChI is InChI=1S/C14H17N3OS/c1-15-7-6-11-4-2-3-5-13(11)14(18)16-8-12-9-19-10-17-12/h2-5,9-10,15H,6-8H2,1H3,(H,16,18). The Balaban J connectivity index is 2.01. The number of benzene rings is 1. The molecule has 0 radical (unpaired) electrons. The van der Waals surface area contributed by atoms with Crippen molar-refractivity contribution in [1.82, 2.24) is 15.6 Å². The van der Waals surface area contributed by atoms with Gasteiger partial charge in [-0.1, -0.05) is 18.2 Å². The molecule has 1 aromatic heterocycles. The third-order valence-electron chi connectivity index (χ3n) is 2.82. The van der Waals surface area contributed by atoms with Gasteiger partial charge in [0, 0.05) is 10.9 Å². The molecule has 2 N–H and O–H groups in total. The first-order valence-corrected chi connectivity index (χ1v) is 7.13. The molecule has 0 aliphatic rings. The van der Waals surface area contributed by atoms with E-state index in [-0.39, 0.29) is 5.91 Å². The van der Waals surface area contributed by atoms with Crippen LogP contribution in [0.3, 0.4) is 0 Å². The summed E-state index contributed by atoms with van der Waals surface area (Å²) in [7, 11) is 1.91. The van der Waals surface area contributed by atoms with Crippen LogP contribution in [-0.2, 0) is 13.0 Å². The highest BCUT2D eigenvalue weighted by molar-refractivity contribution is 7.07. The Morgan fingerprint density at radius 1 is 1.37 bits per heavy atom. The Kier molecular flexibility index (Phi) is 5.06. The van der Waals surface area contributed by atoms with E-state index in [4.69, 9.17) is 0 Å². The smallest absolute Gasteiger partial charge is 0.251 e. The van der Waals surface area contributed by atoms with Crippen molar-refractivity contribution in [2.24, 2.45) is 0 Å². The van der Waals surface area contributed by atoms with E-state index in [0.29, 0.717) is 6.54 Å². The molecule has 100 valence electrons. The molecular weight excluding hydrogens is 258 g/mol. The second kappa shape index (κ2) is 7.01. The molecule has 1 heterocycles. The molecule has 19 heavy (non-hydrogen) atoms. The lowest BCUT2D eigenvalue weighted by Gasteiger charge is -2.09. The molecule has 5 heteroatoms. The van der Waals surface area contributed by atoms with Gasteiger partial charge in [-0.25, -0.2) is 4.98 Å². The van der Waals surface area contributed by atoms with E-state index < -0.39 is 0 Å². The molecule has 0 spiro atoms. The van der Waals surface area contributed by atoms with E-state index in [1.165, 1.54) is 11.3 Å². The van der Waals surface area contributed by atoms with Crippen molar-refractivity contribution in [3.05, 3.63) is 52.0 Å². The van der Waals surface area contributed by atoms with Crippen LogP contribution in [0.1, 0.15) is 21.6 Å². The third kappa shape index (κ3) is 3.87. The fourth-order valence-corrected chi connectivity index (χ4v) is 2.37. The number of aromatic nitrogens is 1. The summed E-state index contributed by atoms with van der Waals surface area (Å²) in [5, 5.41) is 7.94. The number of hydrogen-bond donors (Lipinski definition) is 2. The fourth-order valence-electron chi connectivity index (χ4n) is 1.81. The molecule has 2 aromatic rings. The summed E-state index contributed by atoms with van der Waals surface area (Å²) in [5.74, 6) is -0.0419. The number of hydrogen-bond acceptors (Lipinski definition) is 4. The number of carbonyl (C=O) groups excluding carboxylic acids is 1. The predicted molar refractivity (Wildman–Crippen MR) is 77.4 cm³/mol. The summed E-state index contributed by atoms with van der Waals surface area (Å²) < 4.78 is 0. The van der Waals surface area contributed by atoms with Crippen LogP contribution in [0.4, 0.5) is 0 Å². The first kappa shape index (κ1) is 13.7. The maximum Gasteiger partial charge on any atom is 0.251 e. The van der Waals surface area contributed by atoms with E-state index in [0.717, 1.165) is 29.8 Å². The first-order chi connectivity index (χ1) is 9.31. The summed E-state index contributed by atoms with van der Waals surface area (Å²) in [6, 6.07) is 7.71. The predicted octanol–water partition coefficient (Wildman–Crippen LogP) is 1.84. The Morgan fingerprint density at radius 3 is 2.95 bits per heavy atom. The van der Waals surface area contributed by atoms with E-state index >= 15 is 0 Å². The summed E-state index contributed by atoms with van der Waals surface area (Å²) in [4.78, 5) is 16.3. The normalized spacial score (nSPS) is 10.4. The van der Waals surface area contributed by atoms with Crippen molar-refractivity contribution >= 4 is 17.2 Å². The molecule has 0 bridgehead atoms. The van der Waals surface area contributed by atoms with E-state index in [2.05, 4.69) is 15.6 Å². The number of thiazole rings is 1. The summed E-state index contributed by atoms with van der Waals surface area (Å²) in [6.07, 6.45) is 0.844. The molecule has 0 atom stereocenters. The van der Waals surface area contributed by atoms with Crippen molar-refractivity contribution < 1.29 is 4.79 Å². The molecule has 2 rings (SSSR count). The molecule has 1 amide bonds. The first-order valence-electron chi connectivity index (χ1n) is 6.19. The van der Waals surface area contributed by atoms with E-state index in [1.807, 2.05) is 36.7 Å². The average Bonchev–Trinajstić information content (AvgIpc) is 2.96. The number of likely N-dealkylation sites (N-methyl/N-ethyl adjacent to an activating group) is 1.